The monoisotopic (exact) mass is 401 g/mol. The standard InChI is InChI=1S/C16H10Cl3NO3S/c1-8(21)23-15-10(17)6-9(13(18)14(15)19)16(22)20-7-24-12-5-3-2-4-11(12)20/h2-6H,7H2,1H3. The smallest absolute Gasteiger partial charge is 0.308 e. The van der Waals surface area contributed by atoms with E-state index in [0.29, 0.717) is 5.88 Å². The highest BCUT2D eigenvalue weighted by atomic mass is 35.5. The van der Waals surface area contributed by atoms with E-state index >= 15 is 0 Å². The van der Waals surface area contributed by atoms with Gasteiger partial charge in [-0.3, -0.25) is 14.5 Å². The average molecular weight is 403 g/mol. The molecule has 1 heterocycles. The first-order chi connectivity index (χ1) is 11.4. The molecule has 24 heavy (non-hydrogen) atoms. The molecule has 4 nitrogen and oxygen atoms in total. The lowest BCUT2D eigenvalue weighted by Crippen LogP contribution is -2.28. The van der Waals surface area contributed by atoms with Crippen LogP contribution in [0.15, 0.2) is 35.2 Å². The van der Waals surface area contributed by atoms with Crippen LogP contribution in [0.1, 0.15) is 17.3 Å². The number of para-hydroxylation sites is 1. The molecule has 124 valence electrons. The van der Waals surface area contributed by atoms with Gasteiger partial charge in [-0.05, 0) is 18.2 Å². The maximum Gasteiger partial charge on any atom is 0.308 e. The largest absolute Gasteiger partial charge is 0.423 e. The van der Waals surface area contributed by atoms with Gasteiger partial charge in [0.2, 0.25) is 0 Å². The summed E-state index contributed by atoms with van der Waals surface area (Å²) in [4.78, 5) is 26.6. The SMILES string of the molecule is CC(=O)Oc1c(Cl)cc(C(=O)N2CSc3ccccc32)c(Cl)c1Cl. The first kappa shape index (κ1) is 17.4. The topological polar surface area (TPSA) is 46.6 Å². The highest BCUT2D eigenvalue weighted by Crippen LogP contribution is 2.43. The van der Waals surface area contributed by atoms with Crippen molar-refractivity contribution in [2.24, 2.45) is 0 Å². The summed E-state index contributed by atoms with van der Waals surface area (Å²) < 4.78 is 4.96. The zero-order valence-corrected chi connectivity index (χ0v) is 15.4. The molecule has 0 N–H and O–H groups in total. The highest BCUT2D eigenvalue weighted by molar-refractivity contribution is 8.00. The van der Waals surface area contributed by atoms with Gasteiger partial charge in [0.05, 0.1) is 27.2 Å². The van der Waals surface area contributed by atoms with Crippen molar-refractivity contribution >= 4 is 64.1 Å². The van der Waals surface area contributed by atoms with E-state index in [0.717, 1.165) is 10.6 Å². The highest BCUT2D eigenvalue weighted by Gasteiger charge is 2.29. The van der Waals surface area contributed by atoms with Crippen LogP contribution in [0, 0.1) is 0 Å². The molecular weight excluding hydrogens is 393 g/mol. The first-order valence-electron chi connectivity index (χ1n) is 6.79. The number of amides is 1. The molecule has 1 aliphatic rings. The van der Waals surface area contributed by atoms with Crippen molar-refractivity contribution in [1.82, 2.24) is 0 Å². The summed E-state index contributed by atoms with van der Waals surface area (Å²) in [7, 11) is 0. The van der Waals surface area contributed by atoms with E-state index in [1.165, 1.54) is 13.0 Å². The third kappa shape index (κ3) is 3.09. The third-order valence-electron chi connectivity index (χ3n) is 3.34. The minimum atomic E-state index is -0.584. The number of fused-ring (bicyclic) bond motifs is 1. The fourth-order valence-electron chi connectivity index (χ4n) is 2.29. The van der Waals surface area contributed by atoms with Crippen LogP contribution in [0.25, 0.3) is 0 Å². The number of halogens is 3. The Balaban J connectivity index is 2.02. The molecule has 2 aromatic carbocycles. The molecular formula is C16H10Cl3NO3S. The van der Waals surface area contributed by atoms with Gasteiger partial charge in [0.25, 0.3) is 5.91 Å². The van der Waals surface area contributed by atoms with Crippen LogP contribution >= 0.6 is 46.6 Å². The second-order valence-corrected chi connectivity index (χ2v) is 7.08. The minimum absolute atomic E-state index is 0.00306. The first-order valence-corrected chi connectivity index (χ1v) is 8.91. The zero-order valence-electron chi connectivity index (χ0n) is 12.3. The van der Waals surface area contributed by atoms with E-state index in [9.17, 15) is 9.59 Å². The summed E-state index contributed by atoms with van der Waals surface area (Å²) >= 11 is 20.0. The predicted octanol–water partition coefficient (Wildman–Crippen LogP) is 5.28. The minimum Gasteiger partial charge on any atom is -0.423 e. The van der Waals surface area contributed by atoms with Crippen molar-refractivity contribution in [3.05, 3.63) is 51.0 Å². The molecule has 0 atom stereocenters. The number of thioether (sulfide) groups is 1. The second kappa shape index (κ2) is 6.84. The van der Waals surface area contributed by atoms with E-state index in [2.05, 4.69) is 0 Å². The van der Waals surface area contributed by atoms with Crippen LogP contribution in [0.4, 0.5) is 5.69 Å². The Morgan fingerprint density at radius 1 is 1.17 bits per heavy atom. The molecule has 2 aromatic rings. The number of carbonyl (C=O) groups is 2. The third-order valence-corrected chi connectivity index (χ3v) is 5.52. The van der Waals surface area contributed by atoms with Gasteiger partial charge < -0.3 is 4.74 Å². The van der Waals surface area contributed by atoms with Gasteiger partial charge in [0.15, 0.2) is 5.75 Å². The Kier molecular flexibility index (Phi) is 4.97. The molecule has 8 heteroatoms. The Morgan fingerprint density at radius 3 is 2.58 bits per heavy atom. The molecule has 0 bridgehead atoms. The zero-order chi connectivity index (χ0) is 17.4. The number of anilines is 1. The van der Waals surface area contributed by atoms with Gasteiger partial charge in [0, 0.05) is 11.8 Å². The van der Waals surface area contributed by atoms with Crippen LogP contribution < -0.4 is 9.64 Å². The Bertz CT molecular complexity index is 857. The number of benzene rings is 2. The number of hydrogen-bond donors (Lipinski definition) is 0. The number of ether oxygens (including phenoxy) is 1. The number of esters is 1. The fourth-order valence-corrected chi connectivity index (χ4v) is 4.07. The van der Waals surface area contributed by atoms with Gasteiger partial charge in [0.1, 0.15) is 5.02 Å². The van der Waals surface area contributed by atoms with Crippen LogP contribution in [-0.2, 0) is 4.79 Å². The molecule has 0 aliphatic carbocycles. The molecule has 0 radical (unpaired) electrons. The summed E-state index contributed by atoms with van der Waals surface area (Å²) in [5, 5.41) is -0.0253. The summed E-state index contributed by atoms with van der Waals surface area (Å²) in [6.07, 6.45) is 0. The Hall–Kier alpha value is -1.40. The van der Waals surface area contributed by atoms with E-state index in [4.69, 9.17) is 39.5 Å². The molecule has 1 amide bonds. The van der Waals surface area contributed by atoms with Gasteiger partial charge in [-0.1, -0.05) is 46.9 Å². The predicted molar refractivity (Wildman–Crippen MR) is 96.8 cm³/mol. The molecule has 0 unspecified atom stereocenters. The maximum atomic E-state index is 12.9. The molecule has 1 aliphatic heterocycles. The van der Waals surface area contributed by atoms with Crippen LogP contribution in [0.2, 0.25) is 15.1 Å². The Labute approximate surface area is 157 Å². The number of nitrogens with zero attached hydrogens (tertiary/aromatic N) is 1. The fraction of sp³-hybridized carbons (Fsp3) is 0.125. The summed E-state index contributed by atoms with van der Waals surface area (Å²) in [6.45, 7) is 1.22. The van der Waals surface area contributed by atoms with Crippen molar-refractivity contribution in [3.8, 4) is 5.75 Å². The van der Waals surface area contributed by atoms with E-state index in [-0.39, 0.29) is 32.3 Å². The maximum absolute atomic E-state index is 12.9. The summed E-state index contributed by atoms with van der Waals surface area (Å²) in [6, 6.07) is 8.93. The number of carbonyl (C=O) groups excluding carboxylic acids is 2. The summed E-state index contributed by atoms with van der Waals surface area (Å²) in [5.74, 6) is -0.492. The number of rotatable bonds is 2. The van der Waals surface area contributed by atoms with Gasteiger partial charge in [-0.15, -0.1) is 11.8 Å². The molecule has 0 saturated carbocycles. The van der Waals surface area contributed by atoms with Crippen molar-refractivity contribution in [2.45, 2.75) is 11.8 Å². The van der Waals surface area contributed by atoms with Gasteiger partial charge in [-0.2, -0.15) is 0 Å². The number of hydrogen-bond acceptors (Lipinski definition) is 4. The quantitative estimate of drug-likeness (QED) is 0.389. The van der Waals surface area contributed by atoms with E-state index in [1.54, 1.807) is 16.7 Å². The molecule has 0 aromatic heterocycles. The Morgan fingerprint density at radius 2 is 1.88 bits per heavy atom. The van der Waals surface area contributed by atoms with Crippen molar-refractivity contribution in [2.75, 3.05) is 10.8 Å². The lowest BCUT2D eigenvalue weighted by atomic mass is 10.1. The van der Waals surface area contributed by atoms with Gasteiger partial charge >= 0.3 is 5.97 Å². The van der Waals surface area contributed by atoms with E-state index < -0.39 is 5.97 Å². The average Bonchev–Trinajstić information content (AvgIpc) is 2.98. The van der Waals surface area contributed by atoms with Gasteiger partial charge in [-0.25, -0.2) is 0 Å². The van der Waals surface area contributed by atoms with Crippen LogP contribution in [0.5, 0.6) is 5.75 Å². The molecule has 0 saturated heterocycles. The molecule has 0 spiro atoms. The second-order valence-electron chi connectivity index (χ2n) is 4.93. The van der Waals surface area contributed by atoms with Crippen molar-refractivity contribution in [1.29, 1.82) is 0 Å². The summed E-state index contributed by atoms with van der Waals surface area (Å²) in [5.41, 5.74) is 0.958. The molecule has 3 rings (SSSR count). The van der Waals surface area contributed by atoms with Crippen LogP contribution in [-0.4, -0.2) is 17.8 Å². The lowest BCUT2D eigenvalue weighted by Gasteiger charge is -2.18. The lowest BCUT2D eigenvalue weighted by molar-refractivity contribution is -0.131. The van der Waals surface area contributed by atoms with Crippen LogP contribution in [0.3, 0.4) is 0 Å². The normalized spacial score (nSPS) is 12.9. The van der Waals surface area contributed by atoms with Crippen molar-refractivity contribution < 1.29 is 14.3 Å². The van der Waals surface area contributed by atoms with E-state index in [1.807, 2.05) is 24.3 Å². The van der Waals surface area contributed by atoms with Crippen molar-refractivity contribution in [3.63, 3.8) is 0 Å². The molecule has 0 fully saturated rings.